The van der Waals surface area contributed by atoms with E-state index in [9.17, 15) is 0 Å². The molecule has 0 aliphatic carbocycles. The third kappa shape index (κ3) is 15.4. The molecule has 8 aromatic rings. The number of nitrogens with zero attached hydrogens (tertiary/aromatic N) is 4. The van der Waals surface area contributed by atoms with Gasteiger partial charge in [-0.15, -0.1) is 0 Å². The molecule has 0 saturated heterocycles. The first kappa shape index (κ1) is 65.9. The van der Waals surface area contributed by atoms with Crippen LogP contribution >= 0.6 is 28.2 Å². The van der Waals surface area contributed by atoms with Crippen LogP contribution in [0.15, 0.2) is 260 Å². The zero-order valence-electron chi connectivity index (χ0n) is 47.6. The number of thiol groups is 2. The van der Waals surface area contributed by atoms with E-state index in [0.29, 0.717) is 0 Å². The van der Waals surface area contributed by atoms with Gasteiger partial charge in [0.1, 0.15) is 0 Å². The molecule has 78 heavy (non-hydrogen) atoms. The molecule has 8 aromatic carbocycles. The summed E-state index contributed by atoms with van der Waals surface area (Å²) in [6.07, 6.45) is 0. The van der Waals surface area contributed by atoms with E-state index in [0.717, 1.165) is 0 Å². The Labute approximate surface area is 504 Å². The summed E-state index contributed by atoms with van der Waals surface area (Å²) in [4.78, 5) is 0. The van der Waals surface area contributed by atoms with Crippen molar-refractivity contribution in [2.24, 2.45) is 17.6 Å². The van der Waals surface area contributed by atoms with Crippen molar-refractivity contribution in [3.05, 3.63) is 243 Å². The molecule has 0 N–H and O–H groups in total. The van der Waals surface area contributed by atoms with Gasteiger partial charge in [-0.05, 0) is 0 Å². The van der Waals surface area contributed by atoms with Crippen LogP contribution in [0.1, 0.15) is 0 Å². The van der Waals surface area contributed by atoms with E-state index in [1.54, 1.807) is 0 Å². The molecule has 0 aromatic heterocycles. The van der Waals surface area contributed by atoms with Crippen LogP contribution in [0.2, 0.25) is 78.6 Å². The molecular formula is C62H78Ge2N4P4S2Si4-2. The van der Waals surface area contributed by atoms with Gasteiger partial charge in [-0.2, -0.15) is 0 Å². The largest absolute Gasteiger partial charge is 0.813 e. The molecule has 8 rings (SSSR count). The quantitative estimate of drug-likeness (QED) is 0.0419. The Morgan fingerprint density at radius 2 is 0.333 bits per heavy atom. The van der Waals surface area contributed by atoms with Crippen LogP contribution in [0.25, 0.3) is 0 Å². The van der Waals surface area contributed by atoms with Gasteiger partial charge in [0.2, 0.25) is 0 Å². The fraction of sp³-hybridized carbons (Fsp3) is 0.194. The first-order valence-corrected chi connectivity index (χ1v) is 49.0. The minimum absolute atomic E-state index is 0. The average Bonchev–Trinajstić information content (AvgIpc) is 3.53. The van der Waals surface area contributed by atoms with Crippen LogP contribution in [0.5, 0.6) is 0 Å². The van der Waals surface area contributed by atoms with Crippen LogP contribution in [-0.4, -0.2) is 72.8 Å². The third-order valence-electron chi connectivity index (χ3n) is 12.1. The Kier molecular flexibility index (Phi) is 23.6. The Balaban J connectivity index is 0.000000280. The van der Waals surface area contributed by atoms with Gasteiger partial charge in [-0.25, -0.2) is 0 Å². The van der Waals surface area contributed by atoms with E-state index in [2.05, 4.69) is 353 Å². The van der Waals surface area contributed by atoms with Gasteiger partial charge >= 0.3 is 482 Å². The van der Waals surface area contributed by atoms with Crippen molar-refractivity contribution in [2.75, 3.05) is 0 Å². The van der Waals surface area contributed by atoms with Gasteiger partial charge in [-0.3, -0.25) is 0 Å². The maximum Gasteiger partial charge on any atom is -0.813 e. The van der Waals surface area contributed by atoms with Crippen molar-refractivity contribution in [1.29, 1.82) is 0 Å². The van der Waals surface area contributed by atoms with Gasteiger partial charge in [0.15, 0.2) is 0 Å². The molecule has 0 heterocycles. The predicted octanol–water partition coefficient (Wildman–Crippen LogP) is 14.7. The molecule has 404 valence electrons. The number of hydrogen-bond acceptors (Lipinski definition) is 6. The molecule has 0 amide bonds. The standard InChI is InChI=1S/2C31H38GeN2P2Si2.2H2S/c2*1-37(2,3)33-35(27-19-11-7-12-20-27,28-21-13-8-14-22-28)31(32)36(34-38(4,5)6,29-23-15-9-16-24-29)30-25-17-10-18-26-30;;/h2*7-26H,1-6H3;2*1H2/p-2. The van der Waals surface area contributed by atoms with Crippen LogP contribution in [-0.2, 0) is 27.0 Å². The maximum absolute atomic E-state index is 6.02. The Bertz CT molecular complexity index is 2830. The normalized spacial score (nSPS) is 12.3. The molecule has 0 spiro atoms. The van der Waals surface area contributed by atoms with Crippen LogP contribution in [0.4, 0.5) is 0 Å². The number of benzene rings is 8. The van der Waals surface area contributed by atoms with Crippen LogP contribution in [0, 0.1) is 0 Å². The fourth-order valence-electron chi connectivity index (χ4n) is 9.59. The van der Waals surface area contributed by atoms with E-state index < -0.39 is 61.2 Å². The second kappa shape index (κ2) is 27.9. The first-order valence-electron chi connectivity index (χ1n) is 26.2. The zero-order chi connectivity index (χ0) is 54.9. The molecular weight excluding hydrogens is 1250 g/mol. The van der Waals surface area contributed by atoms with Gasteiger partial charge in [-0.1, -0.05) is 0 Å². The van der Waals surface area contributed by atoms with Gasteiger partial charge in [0, 0.05) is 0 Å². The molecule has 0 aliphatic heterocycles. The van der Waals surface area contributed by atoms with Crippen molar-refractivity contribution < 1.29 is 0 Å². The summed E-state index contributed by atoms with van der Waals surface area (Å²) >= 11 is 4.82. The first-order chi connectivity index (χ1) is 36.0. The number of rotatable bonds is 16. The van der Waals surface area contributed by atoms with E-state index >= 15 is 0 Å². The maximum atomic E-state index is 6.02. The van der Waals surface area contributed by atoms with Crippen molar-refractivity contribution in [1.82, 2.24) is 0 Å². The van der Waals surface area contributed by atoms with Crippen molar-refractivity contribution in [3.8, 4) is 0 Å². The van der Waals surface area contributed by atoms with Crippen molar-refractivity contribution >= 4 is 170 Å². The molecule has 0 fully saturated rings. The van der Waals surface area contributed by atoms with Crippen molar-refractivity contribution in [3.63, 3.8) is 0 Å². The molecule has 16 heteroatoms. The summed E-state index contributed by atoms with van der Waals surface area (Å²) < 4.78 is 27.0. The topological polar surface area (TPSA) is 49.4 Å². The summed E-state index contributed by atoms with van der Waals surface area (Å²) in [6.45, 7) is 28.5. The molecule has 0 aliphatic rings. The second-order valence-electron chi connectivity index (χ2n) is 23.0. The van der Waals surface area contributed by atoms with Gasteiger partial charge in [0.05, 0.1) is 0 Å². The predicted molar refractivity (Wildman–Crippen MR) is 378 cm³/mol. The van der Waals surface area contributed by atoms with Crippen LogP contribution in [0.3, 0.4) is 0 Å². The fourth-order valence-corrected chi connectivity index (χ4v) is 55.2. The Morgan fingerprint density at radius 3 is 0.423 bits per heavy atom. The molecule has 0 saturated carbocycles. The summed E-state index contributed by atoms with van der Waals surface area (Å²) in [5, 5.41) is 10.6. The summed E-state index contributed by atoms with van der Waals surface area (Å²) in [7, 11) is -17.2. The Hall–Kier alpha value is -2.93. The van der Waals surface area contributed by atoms with Crippen LogP contribution < -0.4 is 42.4 Å². The minimum atomic E-state index is -2.37. The average molecular weight is 1320 g/mol. The van der Waals surface area contributed by atoms with Gasteiger partial charge in [0.25, 0.3) is 0 Å². The molecule has 0 bridgehead atoms. The summed E-state index contributed by atoms with van der Waals surface area (Å²) in [5.74, 6) is 0. The molecule has 4 nitrogen and oxygen atoms in total. The SMILES string of the molecule is C[Si](C)(C)N=P([C](=[Ge])P(=N[Si](C)(C)C)(c1ccccc1)c1ccccc1)(c1ccccc1)c1ccccc1.C[Si](C)(C)N=P([C](=[Ge])P(=N[Si](C)(C)C)(c1ccccc1)c1ccccc1)(c1ccccc1)c1ccccc1.[SH-].[SH-]. The molecule has 0 unspecified atom stereocenters. The van der Waals surface area contributed by atoms with E-state index in [1.807, 2.05) is 0 Å². The van der Waals surface area contributed by atoms with Gasteiger partial charge < -0.3 is 27.0 Å². The zero-order valence-corrected chi connectivity index (χ0v) is 61.1. The monoisotopic (exact) mass is 1330 g/mol. The van der Waals surface area contributed by atoms with E-state index in [4.69, 9.17) is 17.6 Å². The Morgan fingerprint density at radius 1 is 0.231 bits per heavy atom. The smallest absolute Gasteiger partial charge is 0.813 e. The molecule has 0 atom stereocenters. The van der Waals surface area contributed by atoms with E-state index in [1.165, 1.54) is 50.1 Å². The summed E-state index contributed by atoms with van der Waals surface area (Å²) in [6, 6.07) is 88.9. The number of hydrogen-bond donors (Lipinski definition) is 0. The molecule has 4 radical (unpaired) electrons. The minimum Gasteiger partial charge on any atom is -0.813 e. The third-order valence-corrected chi connectivity index (χ3v) is 48.9. The second-order valence-corrected chi connectivity index (χ2v) is 60.9. The van der Waals surface area contributed by atoms with Crippen molar-refractivity contribution in [2.45, 2.75) is 78.6 Å². The summed E-state index contributed by atoms with van der Waals surface area (Å²) in [5.41, 5.74) is 0. The van der Waals surface area contributed by atoms with E-state index in [-0.39, 0.29) is 27.0 Å².